The van der Waals surface area contributed by atoms with Crippen LogP contribution in [-0.4, -0.2) is 6.54 Å². The van der Waals surface area contributed by atoms with E-state index < -0.39 is 0 Å². The molecule has 128 valence electrons. The van der Waals surface area contributed by atoms with Crippen LogP contribution in [0.5, 0.6) is 0 Å². The molecule has 0 amide bonds. The minimum absolute atomic E-state index is 0.110. The third-order valence-electron chi connectivity index (χ3n) is 3.91. The lowest BCUT2D eigenvalue weighted by molar-refractivity contribution is 0.303. The van der Waals surface area contributed by atoms with Gasteiger partial charge in [0.1, 0.15) is 5.82 Å². The van der Waals surface area contributed by atoms with Crippen molar-refractivity contribution in [1.29, 1.82) is 0 Å². The molecule has 1 aliphatic rings. The Morgan fingerprint density at radius 3 is 2.23 bits per heavy atom. The summed E-state index contributed by atoms with van der Waals surface area (Å²) in [4.78, 5) is 0. The predicted molar refractivity (Wildman–Crippen MR) is 100 cm³/mol. The highest BCUT2D eigenvalue weighted by Gasteiger charge is 2.26. The molecular weight excluding hydrogens is 365 g/mol. The second-order valence-corrected chi connectivity index (χ2v) is 6.29. The second kappa shape index (κ2) is 12.3. The van der Waals surface area contributed by atoms with Gasteiger partial charge >= 0.3 is 0 Å². The molecule has 0 heterocycles. The van der Waals surface area contributed by atoms with Crippen molar-refractivity contribution in [3.05, 3.63) is 33.0 Å². The van der Waals surface area contributed by atoms with Gasteiger partial charge in [-0.2, -0.15) is 0 Å². The van der Waals surface area contributed by atoms with Crippen LogP contribution in [0.1, 0.15) is 71.3 Å². The molecule has 4 heteroatoms. The van der Waals surface area contributed by atoms with Crippen molar-refractivity contribution in [3.8, 4) is 0 Å². The smallest absolute Gasteiger partial charge is 0.128 e. The molecule has 1 unspecified atom stereocenters. The van der Waals surface area contributed by atoms with Crippen molar-refractivity contribution in [1.82, 2.24) is 0 Å². The van der Waals surface area contributed by atoms with Gasteiger partial charge in [0.05, 0.1) is 5.02 Å². The fraction of sp³-hybridized carbons (Fsp3) is 0.667. The number of benzene rings is 1. The van der Waals surface area contributed by atoms with Crippen LogP contribution in [0.15, 0.2) is 16.6 Å². The van der Waals surface area contributed by atoms with Crippen LogP contribution in [0.4, 0.5) is 4.39 Å². The summed E-state index contributed by atoms with van der Waals surface area (Å²) in [6.07, 6.45) is 6.07. The molecule has 0 bridgehead atoms. The molecular formula is C18H30BrClFN. The average Bonchev–Trinajstić information content (AvgIpc) is 2.58. The Hall–Kier alpha value is -0.120. The normalized spacial score (nSPS) is 16.0. The molecule has 1 aliphatic carbocycles. The molecule has 1 saturated carbocycles. The van der Waals surface area contributed by atoms with E-state index in [1.807, 2.05) is 27.7 Å². The first-order chi connectivity index (χ1) is 10.6. The van der Waals surface area contributed by atoms with Crippen molar-refractivity contribution in [2.24, 2.45) is 11.7 Å². The summed E-state index contributed by atoms with van der Waals surface area (Å²) in [7, 11) is 0. The standard InChI is InChI=1S/C14H18BrClFN.2C2H6/c15-12-6-10(14(17)7-13(12)16)11(8-18)9-4-2-1-3-5-9;2*1-2/h6-7,9,11H,1-5,8,18H2;2*1-2H3. The first-order valence-electron chi connectivity index (χ1n) is 8.48. The zero-order valence-corrected chi connectivity index (χ0v) is 16.6. The summed E-state index contributed by atoms with van der Waals surface area (Å²) in [6.45, 7) is 8.50. The Morgan fingerprint density at radius 2 is 1.73 bits per heavy atom. The molecule has 0 radical (unpaired) electrons. The van der Waals surface area contributed by atoms with Gasteiger partial charge in [-0.05, 0) is 58.9 Å². The van der Waals surface area contributed by atoms with E-state index in [0.29, 0.717) is 23.0 Å². The van der Waals surface area contributed by atoms with Crippen molar-refractivity contribution in [3.63, 3.8) is 0 Å². The minimum Gasteiger partial charge on any atom is -0.330 e. The minimum atomic E-state index is -0.232. The fourth-order valence-electron chi connectivity index (χ4n) is 2.93. The molecule has 1 aromatic rings. The number of nitrogens with two attached hydrogens (primary N) is 1. The van der Waals surface area contributed by atoms with Crippen molar-refractivity contribution >= 4 is 27.5 Å². The zero-order chi connectivity index (χ0) is 17.1. The first kappa shape index (κ1) is 21.9. The van der Waals surface area contributed by atoms with Crippen LogP contribution < -0.4 is 5.73 Å². The Labute approximate surface area is 148 Å². The monoisotopic (exact) mass is 393 g/mol. The molecule has 1 nitrogen and oxygen atoms in total. The van der Waals surface area contributed by atoms with Crippen molar-refractivity contribution in [2.75, 3.05) is 6.54 Å². The van der Waals surface area contributed by atoms with Gasteiger partial charge in [-0.3, -0.25) is 0 Å². The third-order valence-corrected chi connectivity index (χ3v) is 5.11. The van der Waals surface area contributed by atoms with Crippen LogP contribution in [0, 0.1) is 11.7 Å². The maximum atomic E-state index is 14.1. The highest BCUT2D eigenvalue weighted by molar-refractivity contribution is 9.10. The van der Waals surface area contributed by atoms with Gasteiger partial charge in [0.25, 0.3) is 0 Å². The summed E-state index contributed by atoms with van der Waals surface area (Å²) < 4.78 is 14.8. The lowest BCUT2D eigenvalue weighted by Gasteiger charge is -2.30. The van der Waals surface area contributed by atoms with E-state index in [4.69, 9.17) is 17.3 Å². The van der Waals surface area contributed by atoms with E-state index in [0.717, 1.165) is 17.3 Å². The summed E-state index contributed by atoms with van der Waals surface area (Å²) in [5.41, 5.74) is 6.59. The van der Waals surface area contributed by atoms with E-state index in [2.05, 4.69) is 15.9 Å². The largest absolute Gasteiger partial charge is 0.330 e. The molecule has 0 spiro atoms. The first-order valence-corrected chi connectivity index (χ1v) is 9.65. The molecule has 0 saturated heterocycles. The molecule has 2 N–H and O–H groups in total. The number of rotatable bonds is 3. The number of halogens is 3. The van der Waals surface area contributed by atoms with Crippen LogP contribution in [-0.2, 0) is 0 Å². The molecule has 22 heavy (non-hydrogen) atoms. The average molecular weight is 395 g/mol. The lowest BCUT2D eigenvalue weighted by atomic mass is 9.77. The third kappa shape index (κ3) is 6.17. The summed E-state index contributed by atoms with van der Waals surface area (Å²) in [5, 5.41) is 0.413. The van der Waals surface area contributed by atoms with Crippen LogP contribution in [0.2, 0.25) is 5.02 Å². The molecule has 0 aromatic heterocycles. The number of hydrogen-bond donors (Lipinski definition) is 1. The Morgan fingerprint density at radius 1 is 1.18 bits per heavy atom. The molecule has 1 fully saturated rings. The lowest BCUT2D eigenvalue weighted by Crippen LogP contribution is -2.24. The van der Waals surface area contributed by atoms with Crippen molar-refractivity contribution < 1.29 is 4.39 Å². The van der Waals surface area contributed by atoms with E-state index in [9.17, 15) is 4.39 Å². The van der Waals surface area contributed by atoms with Gasteiger partial charge in [0.15, 0.2) is 0 Å². The van der Waals surface area contributed by atoms with Crippen LogP contribution in [0.3, 0.4) is 0 Å². The van der Waals surface area contributed by atoms with E-state index in [1.165, 1.54) is 25.3 Å². The SMILES string of the molecule is CC.CC.NCC(c1cc(Br)c(Cl)cc1F)C1CCCCC1. The van der Waals surface area contributed by atoms with E-state index in [-0.39, 0.29) is 11.7 Å². The molecule has 0 aliphatic heterocycles. The maximum Gasteiger partial charge on any atom is 0.128 e. The van der Waals surface area contributed by atoms with Gasteiger partial charge in [-0.25, -0.2) is 4.39 Å². The van der Waals surface area contributed by atoms with Crippen LogP contribution >= 0.6 is 27.5 Å². The molecule has 2 rings (SSSR count). The molecule has 1 atom stereocenters. The predicted octanol–water partition coefficient (Wildman–Crippen LogP) is 6.92. The van der Waals surface area contributed by atoms with Gasteiger partial charge in [-0.15, -0.1) is 0 Å². The Kier molecular flexibility index (Phi) is 12.3. The highest BCUT2D eigenvalue weighted by Crippen LogP contribution is 2.38. The van der Waals surface area contributed by atoms with Crippen molar-refractivity contribution in [2.45, 2.75) is 65.7 Å². The van der Waals surface area contributed by atoms with E-state index >= 15 is 0 Å². The van der Waals surface area contributed by atoms with Gasteiger partial charge in [0.2, 0.25) is 0 Å². The fourth-order valence-corrected chi connectivity index (χ4v) is 3.44. The topological polar surface area (TPSA) is 26.0 Å². The maximum absolute atomic E-state index is 14.1. The highest BCUT2D eigenvalue weighted by atomic mass is 79.9. The van der Waals surface area contributed by atoms with Crippen LogP contribution in [0.25, 0.3) is 0 Å². The zero-order valence-electron chi connectivity index (χ0n) is 14.3. The van der Waals surface area contributed by atoms with Gasteiger partial charge in [-0.1, -0.05) is 58.6 Å². The second-order valence-electron chi connectivity index (χ2n) is 5.03. The Balaban J connectivity index is 0.00000102. The number of hydrogen-bond acceptors (Lipinski definition) is 1. The van der Waals surface area contributed by atoms with Gasteiger partial charge < -0.3 is 5.73 Å². The summed E-state index contributed by atoms with van der Waals surface area (Å²) in [5.74, 6) is 0.384. The van der Waals surface area contributed by atoms with Gasteiger partial charge in [0, 0.05) is 10.4 Å². The summed E-state index contributed by atoms with van der Waals surface area (Å²) >= 11 is 9.26. The quantitative estimate of drug-likeness (QED) is 0.553. The summed E-state index contributed by atoms with van der Waals surface area (Å²) in [6, 6.07) is 3.18. The molecule has 1 aromatic carbocycles. The Bertz CT molecular complexity index is 420. The van der Waals surface area contributed by atoms with E-state index in [1.54, 1.807) is 6.07 Å².